The molecule has 4 heterocycles. The van der Waals surface area contributed by atoms with Gasteiger partial charge in [-0.15, -0.1) is 11.3 Å². The van der Waals surface area contributed by atoms with Crippen molar-refractivity contribution in [1.29, 1.82) is 0 Å². The van der Waals surface area contributed by atoms with Crippen molar-refractivity contribution in [1.82, 2.24) is 20.2 Å². The predicted octanol–water partition coefficient (Wildman–Crippen LogP) is 6.24. The maximum absolute atomic E-state index is 13.5. The number of anilines is 3. The lowest BCUT2D eigenvalue weighted by Gasteiger charge is -2.36. The average molecular weight is 620 g/mol. The smallest absolute Gasteiger partial charge is 0.407 e. The number of thiazole rings is 1. The molecule has 2 fully saturated rings. The van der Waals surface area contributed by atoms with Crippen LogP contribution in [0.1, 0.15) is 70.8 Å². The predicted molar refractivity (Wildman–Crippen MR) is 178 cm³/mol. The van der Waals surface area contributed by atoms with Gasteiger partial charge < -0.3 is 30.5 Å². The van der Waals surface area contributed by atoms with Crippen LogP contribution < -0.4 is 20.9 Å². The highest BCUT2D eigenvalue weighted by Crippen LogP contribution is 2.33. The number of likely N-dealkylation sites (tertiary alicyclic amines) is 1. The third-order valence-electron chi connectivity index (χ3n) is 8.10. The van der Waals surface area contributed by atoms with Crippen molar-refractivity contribution in [3.8, 4) is 10.6 Å². The molecule has 10 nitrogen and oxygen atoms in total. The summed E-state index contributed by atoms with van der Waals surface area (Å²) in [5.41, 5.74) is 3.48. The molecule has 1 aromatic carbocycles. The molecule has 2 aliphatic heterocycles. The molecule has 2 aliphatic rings. The van der Waals surface area contributed by atoms with Gasteiger partial charge in [0.15, 0.2) is 0 Å². The number of carbonyl (C=O) groups excluding carboxylic acids is 2. The lowest BCUT2D eigenvalue weighted by Crippen LogP contribution is -2.46. The van der Waals surface area contributed by atoms with Crippen LogP contribution in [0.2, 0.25) is 0 Å². The molecule has 2 amide bonds. The van der Waals surface area contributed by atoms with E-state index in [4.69, 9.17) is 4.74 Å². The summed E-state index contributed by atoms with van der Waals surface area (Å²) in [6.07, 6.45) is 6.78. The summed E-state index contributed by atoms with van der Waals surface area (Å²) in [6.45, 7) is 13.7. The van der Waals surface area contributed by atoms with Crippen LogP contribution in [0.3, 0.4) is 0 Å². The quantitative estimate of drug-likeness (QED) is 0.272. The molecule has 0 spiro atoms. The van der Waals surface area contributed by atoms with Gasteiger partial charge in [0, 0.05) is 73.3 Å². The molecule has 0 aliphatic carbocycles. The van der Waals surface area contributed by atoms with Gasteiger partial charge in [-0.3, -0.25) is 9.78 Å². The Morgan fingerprint density at radius 2 is 1.66 bits per heavy atom. The van der Waals surface area contributed by atoms with E-state index in [2.05, 4.69) is 61.7 Å². The Balaban J connectivity index is 1.30. The van der Waals surface area contributed by atoms with Gasteiger partial charge in [-0.05, 0) is 90.6 Å². The summed E-state index contributed by atoms with van der Waals surface area (Å²) in [5, 5.41) is 12.5. The number of carbonyl (C=O) groups is 2. The fourth-order valence-corrected chi connectivity index (χ4v) is 6.53. The number of pyridine rings is 1. The Morgan fingerprint density at radius 1 is 0.977 bits per heavy atom. The Kier molecular flexibility index (Phi) is 10.1. The first kappa shape index (κ1) is 31.7. The lowest BCUT2D eigenvalue weighted by molar-refractivity contribution is 0.0497. The van der Waals surface area contributed by atoms with Crippen molar-refractivity contribution in [3.05, 3.63) is 53.8 Å². The van der Waals surface area contributed by atoms with Crippen LogP contribution in [0.5, 0.6) is 0 Å². The van der Waals surface area contributed by atoms with E-state index in [1.54, 1.807) is 17.8 Å². The second kappa shape index (κ2) is 13.9. The van der Waals surface area contributed by atoms with Gasteiger partial charge in [0.25, 0.3) is 5.91 Å². The first-order chi connectivity index (χ1) is 21.0. The van der Waals surface area contributed by atoms with Crippen LogP contribution in [0, 0.1) is 0 Å². The summed E-state index contributed by atoms with van der Waals surface area (Å²) < 4.78 is 5.45. The van der Waals surface area contributed by atoms with Gasteiger partial charge in [-0.2, -0.15) is 0 Å². The molecule has 44 heavy (non-hydrogen) atoms. The maximum atomic E-state index is 13.5. The first-order valence-electron chi connectivity index (χ1n) is 15.6. The van der Waals surface area contributed by atoms with Gasteiger partial charge in [-0.1, -0.05) is 0 Å². The number of rotatable bonds is 8. The first-order valence-corrected chi connectivity index (χ1v) is 16.5. The SMILES string of the molecule is CC(C)N1CCC(Nc2ccc(N3CCC(NC(=O)OC(C)(C)C)CC3)c(NC(=O)c3csc(-c4ccncc4)n3)c2)CC1. The number of hydrogen-bond acceptors (Lipinski definition) is 9. The summed E-state index contributed by atoms with van der Waals surface area (Å²) in [5.74, 6) is -0.244. The number of alkyl carbamates (subject to hydrolysis) is 1. The van der Waals surface area contributed by atoms with Crippen LogP contribution in [-0.2, 0) is 4.74 Å². The molecule has 2 saturated heterocycles. The number of hydrogen-bond donors (Lipinski definition) is 3. The molecule has 3 N–H and O–H groups in total. The van der Waals surface area contributed by atoms with Crippen LogP contribution in [0.25, 0.3) is 10.6 Å². The molecule has 11 heteroatoms. The van der Waals surface area contributed by atoms with Crippen molar-refractivity contribution in [3.63, 3.8) is 0 Å². The number of benzene rings is 1. The number of nitrogens with zero attached hydrogens (tertiary/aromatic N) is 4. The van der Waals surface area contributed by atoms with Gasteiger partial charge >= 0.3 is 6.09 Å². The summed E-state index contributed by atoms with van der Waals surface area (Å²) in [7, 11) is 0. The van der Waals surface area contributed by atoms with Gasteiger partial charge in [0.1, 0.15) is 16.3 Å². The van der Waals surface area contributed by atoms with E-state index in [-0.39, 0.29) is 18.0 Å². The van der Waals surface area contributed by atoms with Crippen molar-refractivity contribution in [2.45, 2.75) is 84.0 Å². The molecular weight excluding hydrogens is 574 g/mol. The third-order valence-corrected chi connectivity index (χ3v) is 8.99. The fraction of sp³-hybridized carbons (Fsp3) is 0.515. The number of amides is 2. The minimum Gasteiger partial charge on any atom is -0.444 e. The zero-order valence-corrected chi connectivity index (χ0v) is 27.2. The fourth-order valence-electron chi connectivity index (χ4n) is 5.73. The Bertz CT molecular complexity index is 1410. The standard InChI is InChI=1S/C33H45N7O3S/c1-22(2)39-16-10-24(11-17-39)35-26-6-7-29(40-18-12-25(13-19-40)36-32(42)43-33(3,4)5)27(20-26)37-30(41)28-21-44-31(38-28)23-8-14-34-15-9-23/h6-9,14-15,20-22,24-25,35H,10-13,16-19H2,1-5H3,(H,36,42)(H,37,41). The van der Waals surface area contributed by atoms with Crippen LogP contribution >= 0.6 is 11.3 Å². The van der Waals surface area contributed by atoms with Crippen LogP contribution in [0.15, 0.2) is 48.1 Å². The van der Waals surface area contributed by atoms with E-state index < -0.39 is 5.60 Å². The topological polar surface area (TPSA) is 112 Å². The van der Waals surface area contributed by atoms with Gasteiger partial charge in [-0.25, -0.2) is 9.78 Å². The molecule has 0 saturated carbocycles. The Hall–Kier alpha value is -3.70. The van der Waals surface area contributed by atoms with Crippen molar-refractivity contribution in [2.24, 2.45) is 0 Å². The molecule has 0 atom stereocenters. The second-order valence-electron chi connectivity index (χ2n) is 12.9. The van der Waals surface area contributed by atoms with E-state index in [0.717, 1.165) is 79.5 Å². The maximum Gasteiger partial charge on any atom is 0.407 e. The summed E-state index contributed by atoms with van der Waals surface area (Å²) in [4.78, 5) is 39.3. The zero-order chi connectivity index (χ0) is 31.3. The lowest BCUT2D eigenvalue weighted by atomic mass is 10.0. The van der Waals surface area contributed by atoms with Crippen molar-refractivity contribution in [2.75, 3.05) is 41.7 Å². The monoisotopic (exact) mass is 619 g/mol. The minimum atomic E-state index is -0.532. The van der Waals surface area contributed by atoms with E-state index in [0.29, 0.717) is 17.8 Å². The van der Waals surface area contributed by atoms with E-state index in [9.17, 15) is 9.59 Å². The number of ether oxygens (including phenoxy) is 1. The molecule has 0 bridgehead atoms. The molecule has 0 radical (unpaired) electrons. The third kappa shape index (κ3) is 8.47. The molecule has 5 rings (SSSR count). The molecule has 236 valence electrons. The number of aromatic nitrogens is 2. The molecule has 3 aromatic rings. The highest BCUT2D eigenvalue weighted by Gasteiger charge is 2.26. The summed E-state index contributed by atoms with van der Waals surface area (Å²) in [6, 6.07) is 11.0. The van der Waals surface area contributed by atoms with Crippen molar-refractivity contribution >= 4 is 40.4 Å². The highest BCUT2D eigenvalue weighted by atomic mass is 32.1. The second-order valence-corrected chi connectivity index (χ2v) is 13.8. The number of nitrogens with one attached hydrogen (secondary N) is 3. The Morgan fingerprint density at radius 3 is 2.32 bits per heavy atom. The molecular formula is C33H45N7O3S. The van der Waals surface area contributed by atoms with Crippen LogP contribution in [0.4, 0.5) is 21.9 Å². The Labute approximate surface area is 264 Å². The average Bonchev–Trinajstić information content (AvgIpc) is 3.49. The van der Waals surface area contributed by atoms with E-state index >= 15 is 0 Å². The molecule has 0 unspecified atom stereocenters. The van der Waals surface area contributed by atoms with Gasteiger partial charge in [0.2, 0.25) is 0 Å². The zero-order valence-electron chi connectivity index (χ0n) is 26.4. The van der Waals surface area contributed by atoms with Crippen molar-refractivity contribution < 1.29 is 14.3 Å². The number of piperidine rings is 2. The van der Waals surface area contributed by atoms with Crippen LogP contribution in [-0.4, -0.2) is 76.8 Å². The highest BCUT2D eigenvalue weighted by molar-refractivity contribution is 7.13. The summed E-state index contributed by atoms with van der Waals surface area (Å²) >= 11 is 1.44. The van der Waals surface area contributed by atoms with E-state index in [1.165, 1.54) is 11.3 Å². The van der Waals surface area contributed by atoms with E-state index in [1.807, 2.05) is 39.0 Å². The normalized spacial score (nSPS) is 17.0. The molecule has 2 aromatic heterocycles. The minimum absolute atomic E-state index is 0.0402. The van der Waals surface area contributed by atoms with Gasteiger partial charge in [0.05, 0.1) is 11.4 Å². The largest absolute Gasteiger partial charge is 0.444 e.